The van der Waals surface area contributed by atoms with Crippen LogP contribution in [0.2, 0.25) is 0 Å². The number of pyridine rings is 1. The summed E-state index contributed by atoms with van der Waals surface area (Å²) in [5.74, 6) is 1.38. The number of nitrogens with zero attached hydrogens (tertiary/aromatic N) is 4. The highest BCUT2D eigenvalue weighted by atomic mass is 16.5. The van der Waals surface area contributed by atoms with Crippen LogP contribution in [0.25, 0.3) is 11.3 Å². The second-order valence-electron chi connectivity index (χ2n) is 6.65. The third-order valence-electron chi connectivity index (χ3n) is 4.98. The van der Waals surface area contributed by atoms with Crippen LogP contribution >= 0.6 is 0 Å². The molecule has 0 bridgehead atoms. The van der Waals surface area contributed by atoms with Crippen LogP contribution in [0, 0.1) is 0 Å². The van der Waals surface area contributed by atoms with Gasteiger partial charge in [-0.2, -0.15) is 5.10 Å². The van der Waals surface area contributed by atoms with Crippen molar-refractivity contribution in [1.82, 2.24) is 19.7 Å². The lowest BCUT2D eigenvalue weighted by molar-refractivity contribution is -0.120. The van der Waals surface area contributed by atoms with E-state index in [4.69, 9.17) is 4.74 Å². The number of hydrogen-bond acceptors (Lipinski definition) is 5. The summed E-state index contributed by atoms with van der Waals surface area (Å²) in [7, 11) is 0. The maximum absolute atomic E-state index is 12.7. The van der Waals surface area contributed by atoms with Gasteiger partial charge in [0.1, 0.15) is 29.8 Å². The molecule has 1 saturated carbocycles. The van der Waals surface area contributed by atoms with Gasteiger partial charge in [-0.3, -0.25) is 4.79 Å². The lowest BCUT2D eigenvalue weighted by Crippen LogP contribution is -2.34. The smallest absolute Gasteiger partial charge is 0.253 e. The van der Waals surface area contributed by atoms with Crippen LogP contribution in [0.15, 0.2) is 49.1 Å². The Bertz CT molecular complexity index is 979. The van der Waals surface area contributed by atoms with Crippen molar-refractivity contribution in [3.63, 3.8) is 0 Å². The summed E-state index contributed by atoms with van der Waals surface area (Å²) in [6.07, 6.45) is 5.46. The fraction of sp³-hybridized carbons (Fsp3) is 0.263. The van der Waals surface area contributed by atoms with E-state index in [2.05, 4.69) is 26.4 Å². The molecular weight excluding hydrogens is 330 g/mol. The van der Waals surface area contributed by atoms with E-state index in [0.29, 0.717) is 5.82 Å². The van der Waals surface area contributed by atoms with Crippen LogP contribution < -0.4 is 10.1 Å². The van der Waals surface area contributed by atoms with Crippen LogP contribution in [-0.4, -0.2) is 32.3 Å². The summed E-state index contributed by atoms with van der Waals surface area (Å²) >= 11 is 0. The van der Waals surface area contributed by atoms with Crippen molar-refractivity contribution in [2.45, 2.75) is 24.8 Å². The number of benzene rings is 1. The summed E-state index contributed by atoms with van der Waals surface area (Å²) in [4.78, 5) is 21.3. The minimum atomic E-state index is -0.626. The molecule has 2 aliphatic rings. The summed E-state index contributed by atoms with van der Waals surface area (Å²) in [5, 5.41) is 7.06. The minimum Gasteiger partial charge on any atom is -0.493 e. The molecule has 1 N–H and O–H groups in total. The van der Waals surface area contributed by atoms with Crippen molar-refractivity contribution >= 4 is 11.7 Å². The maximum Gasteiger partial charge on any atom is 0.253 e. The SMILES string of the molecule is O=C(Nc1cccc(-c2ccc3c(c2)CCO3)n1)C1(n2cncn2)CC1. The fourth-order valence-corrected chi connectivity index (χ4v) is 3.35. The summed E-state index contributed by atoms with van der Waals surface area (Å²) in [5.41, 5.74) is 2.41. The number of anilines is 1. The second kappa shape index (κ2) is 5.66. The number of carbonyl (C=O) groups is 1. The molecule has 130 valence electrons. The highest BCUT2D eigenvalue weighted by Crippen LogP contribution is 2.43. The molecule has 5 rings (SSSR count). The number of aromatic nitrogens is 4. The van der Waals surface area contributed by atoms with E-state index < -0.39 is 5.54 Å². The van der Waals surface area contributed by atoms with Gasteiger partial charge in [-0.1, -0.05) is 6.07 Å². The Balaban J connectivity index is 1.40. The zero-order valence-corrected chi connectivity index (χ0v) is 14.1. The monoisotopic (exact) mass is 347 g/mol. The number of fused-ring (bicyclic) bond motifs is 1. The molecule has 1 aliphatic carbocycles. The van der Waals surface area contributed by atoms with E-state index in [1.807, 2.05) is 24.3 Å². The van der Waals surface area contributed by atoms with Gasteiger partial charge in [-0.05, 0) is 48.7 Å². The zero-order chi connectivity index (χ0) is 17.6. The third kappa shape index (κ3) is 2.44. The lowest BCUT2D eigenvalue weighted by Gasteiger charge is -2.15. The molecule has 3 heterocycles. The molecule has 0 radical (unpaired) electrons. The standard InChI is InChI=1S/C19H17N5O2/c25-18(19(7-8-19)24-12-20-11-21-24)23-17-3-1-2-15(22-17)13-4-5-16-14(10-13)6-9-26-16/h1-5,10-12H,6-9H2,(H,22,23,25). The molecule has 7 nitrogen and oxygen atoms in total. The average molecular weight is 347 g/mol. The van der Waals surface area contributed by atoms with Crippen molar-refractivity contribution in [2.75, 3.05) is 11.9 Å². The molecule has 1 amide bonds. The van der Waals surface area contributed by atoms with Crippen molar-refractivity contribution in [2.24, 2.45) is 0 Å². The molecular formula is C19H17N5O2. The molecule has 1 fully saturated rings. The zero-order valence-electron chi connectivity index (χ0n) is 14.1. The topological polar surface area (TPSA) is 81.9 Å². The Hall–Kier alpha value is -3.22. The normalized spacial score (nSPS) is 16.6. The molecule has 0 spiro atoms. The highest BCUT2D eigenvalue weighted by molar-refractivity contribution is 5.98. The predicted molar refractivity (Wildman–Crippen MR) is 94.7 cm³/mol. The van der Waals surface area contributed by atoms with Crippen LogP contribution in [0.3, 0.4) is 0 Å². The number of rotatable bonds is 4. The van der Waals surface area contributed by atoms with Crippen molar-refractivity contribution in [1.29, 1.82) is 0 Å². The predicted octanol–water partition coefficient (Wildman–Crippen LogP) is 2.40. The largest absolute Gasteiger partial charge is 0.493 e. The maximum atomic E-state index is 12.7. The fourth-order valence-electron chi connectivity index (χ4n) is 3.35. The summed E-state index contributed by atoms with van der Waals surface area (Å²) in [6, 6.07) is 11.7. The van der Waals surface area contributed by atoms with Crippen LogP contribution in [-0.2, 0) is 16.8 Å². The van der Waals surface area contributed by atoms with Crippen LogP contribution in [0.5, 0.6) is 5.75 Å². The van der Waals surface area contributed by atoms with Gasteiger partial charge in [0.25, 0.3) is 5.91 Å². The van der Waals surface area contributed by atoms with Gasteiger partial charge in [-0.25, -0.2) is 14.6 Å². The molecule has 1 aromatic carbocycles. The van der Waals surface area contributed by atoms with Crippen molar-refractivity contribution < 1.29 is 9.53 Å². The lowest BCUT2D eigenvalue weighted by atomic mass is 10.1. The number of nitrogens with one attached hydrogen (secondary N) is 1. The summed E-state index contributed by atoms with van der Waals surface area (Å²) in [6.45, 7) is 0.729. The van der Waals surface area contributed by atoms with E-state index in [1.165, 1.54) is 11.9 Å². The highest BCUT2D eigenvalue weighted by Gasteiger charge is 2.53. The Labute approximate surface area is 150 Å². The first kappa shape index (κ1) is 15.1. The quantitative estimate of drug-likeness (QED) is 0.784. The van der Waals surface area contributed by atoms with Gasteiger partial charge in [0, 0.05) is 12.0 Å². The van der Waals surface area contributed by atoms with Gasteiger partial charge >= 0.3 is 0 Å². The Kier molecular flexibility index (Phi) is 3.28. The van der Waals surface area contributed by atoms with Gasteiger partial charge in [0.05, 0.1) is 12.3 Å². The van der Waals surface area contributed by atoms with Gasteiger partial charge < -0.3 is 10.1 Å². The molecule has 0 atom stereocenters. The number of carbonyl (C=O) groups excluding carboxylic acids is 1. The van der Waals surface area contributed by atoms with Crippen molar-refractivity contribution in [3.05, 3.63) is 54.6 Å². The van der Waals surface area contributed by atoms with Crippen molar-refractivity contribution in [3.8, 4) is 17.0 Å². The second-order valence-corrected chi connectivity index (χ2v) is 6.65. The van der Waals surface area contributed by atoms with Gasteiger partial charge in [0.15, 0.2) is 0 Å². The molecule has 2 aromatic heterocycles. The van der Waals surface area contributed by atoms with E-state index in [1.54, 1.807) is 17.1 Å². The molecule has 0 unspecified atom stereocenters. The number of ether oxygens (including phenoxy) is 1. The Morgan fingerprint density at radius 3 is 2.96 bits per heavy atom. The first-order chi connectivity index (χ1) is 12.7. The Morgan fingerprint density at radius 1 is 1.23 bits per heavy atom. The minimum absolute atomic E-state index is 0.102. The van der Waals surface area contributed by atoms with E-state index >= 15 is 0 Å². The molecule has 26 heavy (non-hydrogen) atoms. The number of amides is 1. The summed E-state index contributed by atoms with van der Waals surface area (Å²) < 4.78 is 7.19. The number of hydrogen-bond donors (Lipinski definition) is 1. The van der Waals surface area contributed by atoms with E-state index in [0.717, 1.165) is 42.9 Å². The molecule has 0 saturated heterocycles. The third-order valence-corrected chi connectivity index (χ3v) is 4.98. The Morgan fingerprint density at radius 2 is 2.15 bits per heavy atom. The first-order valence-corrected chi connectivity index (χ1v) is 8.64. The first-order valence-electron chi connectivity index (χ1n) is 8.64. The van der Waals surface area contributed by atoms with Gasteiger partial charge in [0.2, 0.25) is 0 Å². The molecule has 1 aliphatic heterocycles. The molecule has 7 heteroatoms. The van der Waals surface area contributed by atoms with Gasteiger partial charge in [-0.15, -0.1) is 0 Å². The average Bonchev–Trinajstić information content (AvgIpc) is 3.08. The van der Waals surface area contributed by atoms with E-state index in [-0.39, 0.29) is 5.91 Å². The van der Waals surface area contributed by atoms with Crippen LogP contribution in [0.4, 0.5) is 5.82 Å². The molecule has 3 aromatic rings. The van der Waals surface area contributed by atoms with E-state index in [9.17, 15) is 4.79 Å². The van der Waals surface area contributed by atoms with Crippen LogP contribution in [0.1, 0.15) is 18.4 Å².